The average molecular weight is 247 g/mol. The molecule has 18 heavy (non-hydrogen) atoms. The zero-order chi connectivity index (χ0) is 13.0. The molecular formula is C15H25N3. The maximum absolute atomic E-state index is 4.39. The molecule has 3 atom stereocenters. The molecule has 1 N–H and O–H groups in total. The van der Waals surface area contributed by atoms with E-state index in [0.717, 1.165) is 17.5 Å². The van der Waals surface area contributed by atoms with Crippen LogP contribution in [0.25, 0.3) is 0 Å². The molecule has 0 bridgehead atoms. The van der Waals surface area contributed by atoms with Gasteiger partial charge in [0.1, 0.15) is 0 Å². The lowest BCUT2D eigenvalue weighted by Crippen LogP contribution is -2.42. The number of nitrogens with zero attached hydrogens (tertiary/aromatic N) is 2. The molecule has 1 fully saturated rings. The Morgan fingerprint density at radius 2 is 1.94 bits per heavy atom. The van der Waals surface area contributed by atoms with Gasteiger partial charge in [0, 0.05) is 30.7 Å². The van der Waals surface area contributed by atoms with Crippen LogP contribution in [0.5, 0.6) is 0 Å². The van der Waals surface area contributed by atoms with Crippen LogP contribution < -0.4 is 5.32 Å². The Balaban J connectivity index is 1.99. The number of aromatic nitrogens is 2. The molecule has 0 radical (unpaired) electrons. The summed E-state index contributed by atoms with van der Waals surface area (Å²) in [5.74, 6) is 1.56. The minimum Gasteiger partial charge on any atom is -0.306 e. The van der Waals surface area contributed by atoms with Crippen LogP contribution in [0.1, 0.15) is 58.2 Å². The van der Waals surface area contributed by atoms with Crippen molar-refractivity contribution in [3.63, 3.8) is 0 Å². The van der Waals surface area contributed by atoms with Crippen LogP contribution in [0.4, 0.5) is 0 Å². The highest BCUT2D eigenvalue weighted by atomic mass is 15.0. The molecule has 1 aromatic rings. The van der Waals surface area contributed by atoms with Crippen LogP contribution in [0.15, 0.2) is 18.6 Å². The molecule has 1 aliphatic carbocycles. The topological polar surface area (TPSA) is 37.8 Å². The minimum atomic E-state index is 0.294. The number of rotatable bonds is 4. The van der Waals surface area contributed by atoms with E-state index >= 15 is 0 Å². The van der Waals surface area contributed by atoms with Crippen molar-refractivity contribution in [2.75, 3.05) is 0 Å². The Kier molecular flexibility index (Phi) is 4.70. The highest BCUT2D eigenvalue weighted by molar-refractivity contribution is 5.02. The third-order valence-electron chi connectivity index (χ3n) is 4.17. The molecule has 100 valence electrons. The van der Waals surface area contributed by atoms with Crippen molar-refractivity contribution in [2.24, 2.45) is 11.8 Å². The number of hydrogen-bond donors (Lipinski definition) is 1. The first-order chi connectivity index (χ1) is 8.68. The van der Waals surface area contributed by atoms with Gasteiger partial charge < -0.3 is 5.32 Å². The van der Waals surface area contributed by atoms with Crippen molar-refractivity contribution in [3.8, 4) is 0 Å². The van der Waals surface area contributed by atoms with Crippen LogP contribution >= 0.6 is 0 Å². The molecule has 3 unspecified atom stereocenters. The van der Waals surface area contributed by atoms with E-state index in [1.807, 2.05) is 6.20 Å². The largest absolute Gasteiger partial charge is 0.306 e. The Bertz CT molecular complexity index is 350. The van der Waals surface area contributed by atoms with Gasteiger partial charge in [-0.3, -0.25) is 9.97 Å². The van der Waals surface area contributed by atoms with Gasteiger partial charge in [-0.2, -0.15) is 0 Å². The maximum Gasteiger partial charge on any atom is 0.0753 e. The molecule has 1 aliphatic rings. The first kappa shape index (κ1) is 13.5. The van der Waals surface area contributed by atoms with Gasteiger partial charge in [0.25, 0.3) is 0 Å². The monoisotopic (exact) mass is 247 g/mol. The second kappa shape index (κ2) is 6.28. The predicted molar refractivity (Wildman–Crippen MR) is 74.2 cm³/mol. The van der Waals surface area contributed by atoms with E-state index in [1.54, 1.807) is 12.4 Å². The molecule has 0 aromatic carbocycles. The first-order valence-corrected chi connectivity index (χ1v) is 7.20. The lowest BCUT2D eigenvalue weighted by Gasteiger charge is -2.36. The molecule has 0 spiro atoms. The molecule has 0 saturated heterocycles. The average Bonchev–Trinajstić information content (AvgIpc) is 2.40. The summed E-state index contributed by atoms with van der Waals surface area (Å²) < 4.78 is 0. The third-order valence-corrected chi connectivity index (χ3v) is 4.17. The molecule has 0 amide bonds. The van der Waals surface area contributed by atoms with Crippen molar-refractivity contribution in [2.45, 2.75) is 58.5 Å². The highest BCUT2D eigenvalue weighted by Gasteiger charge is 2.28. The number of hydrogen-bond acceptors (Lipinski definition) is 3. The molecule has 1 heterocycles. The van der Waals surface area contributed by atoms with E-state index < -0.39 is 0 Å². The summed E-state index contributed by atoms with van der Waals surface area (Å²) >= 11 is 0. The van der Waals surface area contributed by atoms with E-state index in [0.29, 0.717) is 12.1 Å². The molecule has 0 aliphatic heterocycles. The minimum absolute atomic E-state index is 0.294. The van der Waals surface area contributed by atoms with Crippen molar-refractivity contribution in [1.82, 2.24) is 15.3 Å². The van der Waals surface area contributed by atoms with Crippen LogP contribution in [-0.4, -0.2) is 16.0 Å². The summed E-state index contributed by atoms with van der Waals surface area (Å²) in [6.45, 7) is 6.88. The Labute approximate surface area is 110 Å². The van der Waals surface area contributed by atoms with Gasteiger partial charge in [0.15, 0.2) is 0 Å². The summed E-state index contributed by atoms with van der Waals surface area (Å²) in [5, 5.41) is 3.76. The Hall–Kier alpha value is -0.960. The van der Waals surface area contributed by atoms with Gasteiger partial charge in [-0.1, -0.05) is 26.7 Å². The SMILES string of the molecule is CC(NC1CCCCC1C(C)C)c1cnccn1. The van der Waals surface area contributed by atoms with Crippen LogP contribution in [0.3, 0.4) is 0 Å². The maximum atomic E-state index is 4.39. The first-order valence-electron chi connectivity index (χ1n) is 7.20. The quantitative estimate of drug-likeness (QED) is 0.886. The van der Waals surface area contributed by atoms with Crippen molar-refractivity contribution in [3.05, 3.63) is 24.3 Å². The van der Waals surface area contributed by atoms with E-state index in [-0.39, 0.29) is 0 Å². The fourth-order valence-corrected chi connectivity index (χ4v) is 3.11. The van der Waals surface area contributed by atoms with Crippen molar-refractivity contribution < 1.29 is 0 Å². The molecule has 3 nitrogen and oxygen atoms in total. The van der Waals surface area contributed by atoms with E-state index in [9.17, 15) is 0 Å². The predicted octanol–water partition coefficient (Wildman–Crippen LogP) is 3.34. The van der Waals surface area contributed by atoms with Gasteiger partial charge in [-0.15, -0.1) is 0 Å². The summed E-state index contributed by atoms with van der Waals surface area (Å²) in [7, 11) is 0. The second-order valence-electron chi connectivity index (χ2n) is 5.82. The van der Waals surface area contributed by atoms with Gasteiger partial charge in [0.05, 0.1) is 5.69 Å². The standard InChI is InChI=1S/C15H25N3/c1-11(2)13-6-4-5-7-14(13)18-12(3)15-10-16-8-9-17-15/h8-14,18H,4-7H2,1-3H3. The van der Waals surface area contributed by atoms with Crippen molar-refractivity contribution in [1.29, 1.82) is 0 Å². The molecule has 1 saturated carbocycles. The summed E-state index contributed by atoms with van der Waals surface area (Å²) in [6, 6.07) is 0.929. The van der Waals surface area contributed by atoms with Gasteiger partial charge >= 0.3 is 0 Å². The summed E-state index contributed by atoms with van der Waals surface area (Å²) in [6.07, 6.45) is 10.8. The second-order valence-corrected chi connectivity index (χ2v) is 5.82. The van der Waals surface area contributed by atoms with E-state index in [2.05, 4.69) is 36.1 Å². The van der Waals surface area contributed by atoms with Gasteiger partial charge in [0.2, 0.25) is 0 Å². The third kappa shape index (κ3) is 3.29. The molecule has 3 heteroatoms. The molecular weight excluding hydrogens is 222 g/mol. The Morgan fingerprint density at radius 1 is 1.17 bits per heavy atom. The van der Waals surface area contributed by atoms with Crippen LogP contribution in [0, 0.1) is 11.8 Å². The zero-order valence-corrected chi connectivity index (χ0v) is 11.8. The molecule has 1 aromatic heterocycles. The summed E-state index contributed by atoms with van der Waals surface area (Å²) in [5.41, 5.74) is 1.05. The summed E-state index contributed by atoms with van der Waals surface area (Å²) in [4.78, 5) is 8.54. The number of nitrogens with one attached hydrogen (secondary N) is 1. The fraction of sp³-hybridized carbons (Fsp3) is 0.733. The van der Waals surface area contributed by atoms with Crippen LogP contribution in [0.2, 0.25) is 0 Å². The molecule has 2 rings (SSSR count). The normalized spacial score (nSPS) is 26.2. The van der Waals surface area contributed by atoms with Gasteiger partial charge in [-0.25, -0.2) is 0 Å². The Morgan fingerprint density at radius 3 is 2.61 bits per heavy atom. The van der Waals surface area contributed by atoms with Crippen LogP contribution in [-0.2, 0) is 0 Å². The smallest absolute Gasteiger partial charge is 0.0753 e. The van der Waals surface area contributed by atoms with Gasteiger partial charge in [-0.05, 0) is 31.6 Å². The highest BCUT2D eigenvalue weighted by Crippen LogP contribution is 2.31. The lowest BCUT2D eigenvalue weighted by atomic mass is 9.77. The van der Waals surface area contributed by atoms with E-state index in [1.165, 1.54) is 25.7 Å². The zero-order valence-electron chi connectivity index (χ0n) is 11.8. The van der Waals surface area contributed by atoms with E-state index in [4.69, 9.17) is 0 Å². The lowest BCUT2D eigenvalue weighted by molar-refractivity contribution is 0.194. The fourth-order valence-electron chi connectivity index (χ4n) is 3.11. The van der Waals surface area contributed by atoms with Crippen molar-refractivity contribution >= 4 is 0 Å².